The van der Waals surface area contributed by atoms with Gasteiger partial charge in [0.05, 0.1) is 5.69 Å². The zero-order chi connectivity index (χ0) is 10.8. The van der Waals surface area contributed by atoms with Crippen molar-refractivity contribution in [2.75, 3.05) is 0 Å². The highest BCUT2D eigenvalue weighted by Gasteiger charge is 2.14. The van der Waals surface area contributed by atoms with Crippen molar-refractivity contribution in [2.24, 2.45) is 0 Å². The first-order valence-corrected chi connectivity index (χ1v) is 4.38. The van der Waals surface area contributed by atoms with Gasteiger partial charge in [0.25, 0.3) is 0 Å². The summed E-state index contributed by atoms with van der Waals surface area (Å²) in [5.74, 6) is -0.470. The van der Waals surface area contributed by atoms with Crippen LogP contribution in [0.3, 0.4) is 0 Å². The van der Waals surface area contributed by atoms with Crippen LogP contribution in [0.2, 0.25) is 0 Å². The number of carboxylic acid groups (broad SMARTS) is 1. The highest BCUT2D eigenvalue weighted by atomic mass is 16.4. The minimum Gasteiger partial charge on any atom is -0.478 e. The normalized spacial score (nSPS) is 10.2. The molecule has 0 bridgehead atoms. The Kier molecular flexibility index (Phi) is 2.21. The Labute approximate surface area is 85.8 Å². The van der Waals surface area contributed by atoms with Gasteiger partial charge in [0.15, 0.2) is 0 Å². The smallest absolute Gasteiger partial charge is 0.339 e. The second kappa shape index (κ2) is 3.53. The molecule has 0 saturated heterocycles. The molecule has 0 spiro atoms. The summed E-state index contributed by atoms with van der Waals surface area (Å²) in [6, 6.07) is 1.77. The van der Waals surface area contributed by atoms with Crippen molar-refractivity contribution in [3.63, 3.8) is 0 Å². The molecule has 0 radical (unpaired) electrons. The number of nitrogens with zero attached hydrogens (tertiary/aromatic N) is 2. The van der Waals surface area contributed by atoms with E-state index in [4.69, 9.17) is 5.11 Å². The predicted molar refractivity (Wildman–Crippen MR) is 53.5 cm³/mol. The molecule has 0 unspecified atom stereocenters. The third kappa shape index (κ3) is 1.71. The first kappa shape index (κ1) is 9.39. The monoisotopic (exact) mass is 203 g/mol. The lowest BCUT2D eigenvalue weighted by atomic mass is 10.1. The molecule has 5 nitrogen and oxygen atoms in total. The van der Waals surface area contributed by atoms with E-state index in [2.05, 4.69) is 15.0 Å². The Morgan fingerprint density at radius 1 is 1.53 bits per heavy atom. The van der Waals surface area contributed by atoms with E-state index < -0.39 is 5.97 Å². The quantitative estimate of drug-likeness (QED) is 0.774. The van der Waals surface area contributed by atoms with Gasteiger partial charge >= 0.3 is 5.97 Å². The number of nitrogens with one attached hydrogen (secondary N) is 1. The summed E-state index contributed by atoms with van der Waals surface area (Å²) in [6.07, 6.45) is 4.75. The third-order valence-corrected chi connectivity index (χ3v) is 2.01. The van der Waals surface area contributed by atoms with Crippen molar-refractivity contribution in [2.45, 2.75) is 6.92 Å². The van der Waals surface area contributed by atoms with E-state index in [9.17, 15) is 4.79 Å². The second-order valence-corrected chi connectivity index (χ2v) is 3.08. The van der Waals surface area contributed by atoms with Crippen LogP contribution in [-0.2, 0) is 0 Å². The molecule has 2 aromatic rings. The van der Waals surface area contributed by atoms with Gasteiger partial charge in [-0.1, -0.05) is 0 Å². The summed E-state index contributed by atoms with van der Waals surface area (Å²) in [6.45, 7) is 1.72. The van der Waals surface area contributed by atoms with Crippen molar-refractivity contribution in [3.05, 3.63) is 36.0 Å². The van der Waals surface area contributed by atoms with Crippen LogP contribution in [-0.4, -0.2) is 26.0 Å². The van der Waals surface area contributed by atoms with Crippen molar-refractivity contribution in [3.8, 4) is 11.3 Å². The number of aromatic amines is 1. The molecule has 5 heteroatoms. The number of aromatic carboxylic acids is 1. The molecule has 0 atom stereocenters. The van der Waals surface area contributed by atoms with E-state index in [1.165, 1.54) is 6.20 Å². The highest BCUT2D eigenvalue weighted by molar-refractivity contribution is 5.94. The van der Waals surface area contributed by atoms with Gasteiger partial charge in [0.2, 0.25) is 0 Å². The Morgan fingerprint density at radius 2 is 2.33 bits per heavy atom. The molecule has 15 heavy (non-hydrogen) atoms. The molecule has 0 fully saturated rings. The molecular weight excluding hydrogens is 194 g/mol. The number of hydrogen-bond donors (Lipinski definition) is 2. The average molecular weight is 203 g/mol. The molecule has 2 heterocycles. The van der Waals surface area contributed by atoms with Crippen molar-refractivity contribution >= 4 is 5.97 Å². The summed E-state index contributed by atoms with van der Waals surface area (Å²) in [5, 5.41) is 8.97. The molecule has 76 valence electrons. The molecule has 2 rings (SSSR count). The molecule has 0 saturated carbocycles. The Morgan fingerprint density at radius 3 is 2.93 bits per heavy atom. The standard InChI is InChI=1S/C10H9N3O2/c1-6-12-5-8(10(14)15)9(13-6)7-2-3-11-4-7/h2-5,11H,1H3,(H,14,15). The average Bonchev–Trinajstić information content (AvgIpc) is 2.69. The van der Waals surface area contributed by atoms with Gasteiger partial charge in [0.1, 0.15) is 11.4 Å². The van der Waals surface area contributed by atoms with Crippen LogP contribution in [0.4, 0.5) is 0 Å². The van der Waals surface area contributed by atoms with Gasteiger partial charge < -0.3 is 10.1 Å². The first-order chi connectivity index (χ1) is 7.18. The Hall–Kier alpha value is -2.17. The van der Waals surface area contributed by atoms with Gasteiger partial charge in [-0.15, -0.1) is 0 Å². The van der Waals surface area contributed by atoms with Crippen LogP contribution in [0.15, 0.2) is 24.7 Å². The van der Waals surface area contributed by atoms with Crippen molar-refractivity contribution in [1.29, 1.82) is 0 Å². The van der Waals surface area contributed by atoms with Crippen LogP contribution < -0.4 is 0 Å². The highest BCUT2D eigenvalue weighted by Crippen LogP contribution is 2.20. The molecule has 2 aromatic heterocycles. The van der Waals surface area contributed by atoms with E-state index in [1.54, 1.807) is 25.4 Å². The van der Waals surface area contributed by atoms with Crippen LogP contribution in [0.1, 0.15) is 16.2 Å². The number of aromatic nitrogens is 3. The molecule has 2 N–H and O–H groups in total. The van der Waals surface area contributed by atoms with E-state index in [1.807, 2.05) is 0 Å². The fraction of sp³-hybridized carbons (Fsp3) is 0.100. The lowest BCUT2D eigenvalue weighted by molar-refractivity contribution is 0.0697. The van der Waals surface area contributed by atoms with Crippen LogP contribution >= 0.6 is 0 Å². The second-order valence-electron chi connectivity index (χ2n) is 3.08. The van der Waals surface area contributed by atoms with E-state index in [0.717, 1.165) is 5.56 Å². The van der Waals surface area contributed by atoms with Gasteiger partial charge in [-0.3, -0.25) is 0 Å². The summed E-state index contributed by atoms with van der Waals surface area (Å²) >= 11 is 0. The van der Waals surface area contributed by atoms with Crippen molar-refractivity contribution in [1.82, 2.24) is 15.0 Å². The number of hydrogen-bond acceptors (Lipinski definition) is 3. The Balaban J connectivity index is 2.63. The zero-order valence-corrected chi connectivity index (χ0v) is 8.06. The largest absolute Gasteiger partial charge is 0.478 e. The zero-order valence-electron chi connectivity index (χ0n) is 8.06. The lowest BCUT2D eigenvalue weighted by Crippen LogP contribution is -2.04. The summed E-state index contributed by atoms with van der Waals surface area (Å²) in [4.78, 5) is 21.8. The minimum absolute atomic E-state index is 0.111. The number of rotatable bonds is 2. The SMILES string of the molecule is Cc1ncc(C(=O)O)c(-c2cc[nH]c2)n1. The molecule has 0 aromatic carbocycles. The molecule has 0 amide bonds. The lowest BCUT2D eigenvalue weighted by Gasteiger charge is -2.02. The number of H-pyrrole nitrogens is 1. The maximum atomic E-state index is 10.9. The van der Waals surface area contributed by atoms with E-state index >= 15 is 0 Å². The fourth-order valence-corrected chi connectivity index (χ4v) is 1.32. The summed E-state index contributed by atoms with van der Waals surface area (Å²) < 4.78 is 0. The number of carbonyl (C=O) groups is 1. The molecule has 0 aliphatic rings. The molecular formula is C10H9N3O2. The predicted octanol–water partition coefficient (Wildman–Crippen LogP) is 1.48. The first-order valence-electron chi connectivity index (χ1n) is 4.38. The number of aryl methyl sites for hydroxylation is 1. The van der Waals surface area contributed by atoms with Crippen LogP contribution in [0, 0.1) is 6.92 Å². The van der Waals surface area contributed by atoms with E-state index in [0.29, 0.717) is 11.5 Å². The summed E-state index contributed by atoms with van der Waals surface area (Å²) in [5.41, 5.74) is 1.30. The van der Waals surface area contributed by atoms with Gasteiger partial charge in [0, 0.05) is 24.2 Å². The topological polar surface area (TPSA) is 78.9 Å². The maximum Gasteiger partial charge on any atom is 0.339 e. The van der Waals surface area contributed by atoms with Crippen LogP contribution in [0.5, 0.6) is 0 Å². The van der Waals surface area contributed by atoms with Crippen LogP contribution in [0.25, 0.3) is 11.3 Å². The van der Waals surface area contributed by atoms with Gasteiger partial charge in [-0.2, -0.15) is 0 Å². The molecule has 0 aliphatic heterocycles. The van der Waals surface area contributed by atoms with Gasteiger partial charge in [-0.05, 0) is 13.0 Å². The Bertz CT molecular complexity index is 491. The minimum atomic E-state index is -1.02. The summed E-state index contributed by atoms with van der Waals surface area (Å²) in [7, 11) is 0. The van der Waals surface area contributed by atoms with Crippen molar-refractivity contribution < 1.29 is 9.90 Å². The maximum absolute atomic E-state index is 10.9. The van der Waals surface area contributed by atoms with Gasteiger partial charge in [-0.25, -0.2) is 14.8 Å². The fourth-order valence-electron chi connectivity index (χ4n) is 1.32. The van der Waals surface area contributed by atoms with E-state index in [-0.39, 0.29) is 5.56 Å². The molecule has 0 aliphatic carbocycles. The third-order valence-electron chi connectivity index (χ3n) is 2.01. The number of carboxylic acids is 1.